The van der Waals surface area contributed by atoms with E-state index < -0.39 is 0 Å². The Balaban J connectivity index is 1.98. The molecule has 1 heteroatoms. The van der Waals surface area contributed by atoms with Gasteiger partial charge in [-0.2, -0.15) is 0 Å². The van der Waals surface area contributed by atoms with Crippen molar-refractivity contribution >= 4 is 0 Å². The Morgan fingerprint density at radius 3 is 2.43 bits per heavy atom. The van der Waals surface area contributed by atoms with Crippen molar-refractivity contribution < 1.29 is 0 Å². The molecule has 3 aliphatic rings. The average molecular weight is 187 g/mol. The highest BCUT2D eigenvalue weighted by Crippen LogP contribution is 2.66. The molecule has 0 radical (unpaired) electrons. The molecule has 0 atom stereocenters. The summed E-state index contributed by atoms with van der Waals surface area (Å²) in [5.41, 5.74) is 9.91. The Kier molecular flexibility index (Phi) is 1.46. The highest BCUT2D eigenvalue weighted by atomic mass is 14.9. The Labute approximate surface area is 85.3 Å². The standard InChI is InChI=1S/C13H17N/c1-2-10-5-3-4-6-11(10)12-7-13(14,8-12)9-12/h3-6H,2,7-9,14H2,1H3. The van der Waals surface area contributed by atoms with Crippen LogP contribution in [0.15, 0.2) is 24.3 Å². The fourth-order valence-corrected chi connectivity index (χ4v) is 3.50. The van der Waals surface area contributed by atoms with Gasteiger partial charge in [0.1, 0.15) is 0 Å². The van der Waals surface area contributed by atoms with E-state index in [1.165, 1.54) is 24.8 Å². The maximum Gasteiger partial charge on any atom is 0.0179 e. The fraction of sp³-hybridized carbons (Fsp3) is 0.538. The van der Waals surface area contributed by atoms with Gasteiger partial charge in [0.25, 0.3) is 0 Å². The van der Waals surface area contributed by atoms with E-state index in [9.17, 15) is 0 Å². The Bertz CT molecular complexity index is 361. The van der Waals surface area contributed by atoms with Crippen LogP contribution < -0.4 is 5.73 Å². The molecule has 0 amide bonds. The zero-order valence-electron chi connectivity index (χ0n) is 8.72. The van der Waals surface area contributed by atoms with E-state index in [2.05, 4.69) is 31.2 Å². The molecule has 4 rings (SSSR count). The Morgan fingerprint density at radius 1 is 1.21 bits per heavy atom. The number of hydrogen-bond donors (Lipinski definition) is 1. The van der Waals surface area contributed by atoms with Crippen molar-refractivity contribution in [3.8, 4) is 0 Å². The van der Waals surface area contributed by atoms with E-state index >= 15 is 0 Å². The molecule has 2 N–H and O–H groups in total. The van der Waals surface area contributed by atoms with Crippen LogP contribution in [0.2, 0.25) is 0 Å². The van der Waals surface area contributed by atoms with E-state index in [1.807, 2.05) is 0 Å². The molecule has 1 nitrogen and oxygen atoms in total. The maximum atomic E-state index is 6.10. The van der Waals surface area contributed by atoms with Crippen LogP contribution in [0.25, 0.3) is 0 Å². The molecule has 0 aromatic heterocycles. The SMILES string of the molecule is CCc1ccccc1C12CC(N)(C1)C2. The van der Waals surface area contributed by atoms with Crippen molar-refractivity contribution in [2.45, 2.75) is 43.6 Å². The normalized spacial score (nSPS) is 38.7. The lowest BCUT2D eigenvalue weighted by molar-refractivity contribution is -0.0595. The predicted molar refractivity (Wildman–Crippen MR) is 58.3 cm³/mol. The van der Waals surface area contributed by atoms with Crippen LogP contribution in [0.5, 0.6) is 0 Å². The van der Waals surface area contributed by atoms with Crippen LogP contribution in [0.1, 0.15) is 37.3 Å². The summed E-state index contributed by atoms with van der Waals surface area (Å²) in [5.74, 6) is 0. The van der Waals surface area contributed by atoms with Gasteiger partial charge in [-0.15, -0.1) is 0 Å². The Morgan fingerprint density at radius 2 is 1.86 bits per heavy atom. The van der Waals surface area contributed by atoms with Gasteiger partial charge in [0.15, 0.2) is 0 Å². The van der Waals surface area contributed by atoms with Gasteiger partial charge in [0, 0.05) is 11.0 Å². The molecule has 3 aliphatic carbocycles. The van der Waals surface area contributed by atoms with Gasteiger partial charge < -0.3 is 5.73 Å². The second-order valence-corrected chi connectivity index (χ2v) is 5.18. The summed E-state index contributed by atoms with van der Waals surface area (Å²) in [5, 5.41) is 0. The minimum atomic E-state index is 0.223. The number of nitrogens with two attached hydrogens (primary N) is 1. The molecule has 0 aliphatic heterocycles. The van der Waals surface area contributed by atoms with E-state index in [0.717, 1.165) is 6.42 Å². The molecule has 3 saturated carbocycles. The lowest BCUT2D eigenvalue weighted by Crippen LogP contribution is -2.74. The molecule has 1 aromatic rings. The van der Waals surface area contributed by atoms with Crippen molar-refractivity contribution in [1.29, 1.82) is 0 Å². The summed E-state index contributed by atoms with van der Waals surface area (Å²) in [6.45, 7) is 2.24. The third-order valence-electron chi connectivity index (χ3n) is 4.04. The van der Waals surface area contributed by atoms with Crippen LogP contribution >= 0.6 is 0 Å². The van der Waals surface area contributed by atoms with Gasteiger partial charge in [-0.1, -0.05) is 31.2 Å². The monoisotopic (exact) mass is 187 g/mol. The van der Waals surface area contributed by atoms with Crippen molar-refractivity contribution in [2.24, 2.45) is 5.73 Å². The van der Waals surface area contributed by atoms with Gasteiger partial charge in [-0.3, -0.25) is 0 Å². The second-order valence-electron chi connectivity index (χ2n) is 5.18. The van der Waals surface area contributed by atoms with Gasteiger partial charge in [0.2, 0.25) is 0 Å². The molecule has 1 aromatic carbocycles. The van der Waals surface area contributed by atoms with Crippen LogP contribution in [0.3, 0.4) is 0 Å². The molecular formula is C13H17N. The third kappa shape index (κ3) is 0.885. The highest BCUT2D eigenvalue weighted by Gasteiger charge is 2.66. The van der Waals surface area contributed by atoms with Crippen molar-refractivity contribution in [3.63, 3.8) is 0 Å². The van der Waals surface area contributed by atoms with Gasteiger partial charge in [-0.05, 0) is 36.8 Å². The van der Waals surface area contributed by atoms with Crippen LogP contribution in [-0.4, -0.2) is 5.54 Å². The van der Waals surface area contributed by atoms with Crippen molar-refractivity contribution in [1.82, 2.24) is 0 Å². The third-order valence-corrected chi connectivity index (χ3v) is 4.04. The minimum Gasteiger partial charge on any atom is -0.325 e. The van der Waals surface area contributed by atoms with Gasteiger partial charge >= 0.3 is 0 Å². The first kappa shape index (κ1) is 8.49. The summed E-state index contributed by atoms with van der Waals surface area (Å²) in [6.07, 6.45) is 4.81. The zero-order chi connectivity index (χ0) is 9.81. The summed E-state index contributed by atoms with van der Waals surface area (Å²) in [7, 11) is 0. The number of aryl methyl sites for hydroxylation is 1. The number of rotatable bonds is 2. The summed E-state index contributed by atoms with van der Waals surface area (Å²) in [6, 6.07) is 8.88. The first-order valence-electron chi connectivity index (χ1n) is 5.55. The largest absolute Gasteiger partial charge is 0.325 e. The van der Waals surface area contributed by atoms with Crippen LogP contribution in [0.4, 0.5) is 0 Å². The number of benzene rings is 1. The molecule has 3 fully saturated rings. The molecule has 0 saturated heterocycles. The van der Waals surface area contributed by atoms with E-state index in [-0.39, 0.29) is 5.54 Å². The molecule has 0 unspecified atom stereocenters. The second kappa shape index (κ2) is 2.40. The molecule has 0 spiro atoms. The van der Waals surface area contributed by atoms with Gasteiger partial charge in [0.05, 0.1) is 0 Å². The first-order chi connectivity index (χ1) is 6.68. The summed E-state index contributed by atoms with van der Waals surface area (Å²) < 4.78 is 0. The Hall–Kier alpha value is -0.820. The van der Waals surface area contributed by atoms with E-state index in [4.69, 9.17) is 5.73 Å². The first-order valence-corrected chi connectivity index (χ1v) is 5.55. The topological polar surface area (TPSA) is 26.0 Å². The zero-order valence-corrected chi connectivity index (χ0v) is 8.72. The van der Waals surface area contributed by atoms with Crippen molar-refractivity contribution in [3.05, 3.63) is 35.4 Å². The van der Waals surface area contributed by atoms with E-state index in [0.29, 0.717) is 5.41 Å². The maximum absolute atomic E-state index is 6.10. The number of hydrogen-bond acceptors (Lipinski definition) is 1. The predicted octanol–water partition coefficient (Wildman–Crippen LogP) is 2.38. The van der Waals surface area contributed by atoms with E-state index in [1.54, 1.807) is 5.56 Å². The quantitative estimate of drug-likeness (QED) is 0.756. The lowest BCUT2D eigenvalue weighted by atomic mass is 9.37. The lowest BCUT2D eigenvalue weighted by Gasteiger charge is -2.69. The van der Waals surface area contributed by atoms with Crippen molar-refractivity contribution in [2.75, 3.05) is 0 Å². The fourth-order valence-electron chi connectivity index (χ4n) is 3.50. The molecule has 2 bridgehead atoms. The van der Waals surface area contributed by atoms with Crippen LogP contribution in [-0.2, 0) is 11.8 Å². The average Bonchev–Trinajstić information content (AvgIpc) is 2.11. The molecule has 74 valence electrons. The van der Waals surface area contributed by atoms with Gasteiger partial charge in [-0.25, -0.2) is 0 Å². The van der Waals surface area contributed by atoms with Crippen LogP contribution in [0, 0.1) is 0 Å². The highest BCUT2D eigenvalue weighted by molar-refractivity contribution is 5.45. The summed E-state index contributed by atoms with van der Waals surface area (Å²) >= 11 is 0. The molecule has 14 heavy (non-hydrogen) atoms. The minimum absolute atomic E-state index is 0.223. The molecular weight excluding hydrogens is 170 g/mol. The smallest absolute Gasteiger partial charge is 0.0179 e. The summed E-state index contributed by atoms with van der Waals surface area (Å²) in [4.78, 5) is 0. The molecule has 0 heterocycles.